The lowest BCUT2D eigenvalue weighted by Gasteiger charge is -2.32. The molecule has 7 nitrogen and oxygen atoms in total. The summed E-state index contributed by atoms with van der Waals surface area (Å²) in [7, 11) is -3.81. The maximum absolute atomic E-state index is 13.7. The first-order valence-electron chi connectivity index (χ1n) is 11.8. The molecule has 0 spiro atoms. The molecule has 1 atom stereocenters. The van der Waals surface area contributed by atoms with Crippen LogP contribution in [0.1, 0.15) is 46.1 Å². The van der Waals surface area contributed by atoms with Crippen LogP contribution in [0.4, 0.5) is 14.5 Å². The summed E-state index contributed by atoms with van der Waals surface area (Å²) < 4.78 is 52.5. The van der Waals surface area contributed by atoms with E-state index in [0.717, 1.165) is 28.3 Å². The minimum atomic E-state index is -3.81. The van der Waals surface area contributed by atoms with Crippen LogP contribution < -0.4 is 9.62 Å². The average molecular weight is 524 g/mol. The number of carbonyl (C=O) groups is 2. The third-order valence-electron chi connectivity index (χ3n) is 5.49. The SMILES string of the molecule is C[C@H](C(=O)NC(C)(C)C)N(CCc1ccccc1)C(=O)CCCN(c1ccc(F)c(F)c1)S(C)(=O)=O. The van der Waals surface area contributed by atoms with E-state index in [9.17, 15) is 26.8 Å². The van der Waals surface area contributed by atoms with Crippen molar-refractivity contribution in [1.82, 2.24) is 10.2 Å². The van der Waals surface area contributed by atoms with E-state index < -0.39 is 33.2 Å². The first kappa shape index (κ1) is 29.2. The smallest absolute Gasteiger partial charge is 0.242 e. The third-order valence-corrected chi connectivity index (χ3v) is 6.69. The Morgan fingerprint density at radius 1 is 1.00 bits per heavy atom. The molecular formula is C26H35F2N3O4S. The van der Waals surface area contributed by atoms with Crippen molar-refractivity contribution >= 4 is 27.5 Å². The summed E-state index contributed by atoms with van der Waals surface area (Å²) in [6.07, 6.45) is 1.60. The van der Waals surface area contributed by atoms with E-state index in [0.29, 0.717) is 13.0 Å². The predicted molar refractivity (Wildman–Crippen MR) is 137 cm³/mol. The fourth-order valence-electron chi connectivity index (χ4n) is 3.69. The standard InChI is InChI=1S/C26H35F2N3O4S/c1-19(25(33)29-26(2,3)4)30(17-15-20-10-7-6-8-11-20)24(32)12-9-16-31(36(5,34)35)21-13-14-22(27)23(28)18-21/h6-8,10-11,13-14,18-19H,9,12,15-17H2,1-5H3,(H,29,33)/t19-/m1/s1. The number of rotatable bonds is 11. The number of carbonyl (C=O) groups excluding carboxylic acids is 2. The molecule has 1 N–H and O–H groups in total. The van der Waals surface area contributed by atoms with Gasteiger partial charge in [0.05, 0.1) is 11.9 Å². The summed E-state index contributed by atoms with van der Waals surface area (Å²) in [4.78, 5) is 27.5. The number of halogens is 2. The normalized spacial score (nSPS) is 12.6. The van der Waals surface area contributed by atoms with Gasteiger partial charge in [-0.2, -0.15) is 0 Å². The zero-order valence-electron chi connectivity index (χ0n) is 21.4. The summed E-state index contributed by atoms with van der Waals surface area (Å²) >= 11 is 0. The van der Waals surface area contributed by atoms with Gasteiger partial charge in [-0.25, -0.2) is 17.2 Å². The van der Waals surface area contributed by atoms with Crippen LogP contribution in [0.3, 0.4) is 0 Å². The van der Waals surface area contributed by atoms with Gasteiger partial charge in [0.1, 0.15) is 6.04 Å². The molecular weight excluding hydrogens is 488 g/mol. The Balaban J connectivity index is 2.14. The van der Waals surface area contributed by atoms with Gasteiger partial charge >= 0.3 is 0 Å². The molecule has 0 heterocycles. The number of nitrogens with one attached hydrogen (secondary N) is 1. The summed E-state index contributed by atoms with van der Waals surface area (Å²) in [5, 5.41) is 2.89. The summed E-state index contributed by atoms with van der Waals surface area (Å²) in [5.41, 5.74) is 0.517. The fourth-order valence-corrected chi connectivity index (χ4v) is 4.65. The van der Waals surface area contributed by atoms with Gasteiger partial charge in [0.15, 0.2) is 11.6 Å². The van der Waals surface area contributed by atoms with Crippen LogP contribution in [0.2, 0.25) is 0 Å². The zero-order valence-corrected chi connectivity index (χ0v) is 22.2. The molecule has 0 fully saturated rings. The van der Waals surface area contributed by atoms with Crippen LogP contribution in [0.15, 0.2) is 48.5 Å². The van der Waals surface area contributed by atoms with Crippen molar-refractivity contribution in [2.45, 2.75) is 58.5 Å². The Morgan fingerprint density at radius 2 is 1.64 bits per heavy atom. The van der Waals surface area contributed by atoms with E-state index in [1.165, 1.54) is 11.0 Å². The lowest BCUT2D eigenvalue weighted by atomic mass is 10.1. The van der Waals surface area contributed by atoms with Crippen LogP contribution in [-0.4, -0.2) is 56.1 Å². The van der Waals surface area contributed by atoms with Crippen molar-refractivity contribution in [2.75, 3.05) is 23.7 Å². The first-order chi connectivity index (χ1) is 16.7. The van der Waals surface area contributed by atoms with Crippen LogP contribution in [0.25, 0.3) is 0 Å². The number of sulfonamides is 1. The van der Waals surface area contributed by atoms with Crippen LogP contribution >= 0.6 is 0 Å². The average Bonchev–Trinajstić information content (AvgIpc) is 2.77. The van der Waals surface area contributed by atoms with Gasteiger partial charge in [-0.05, 0) is 58.2 Å². The summed E-state index contributed by atoms with van der Waals surface area (Å²) in [6, 6.07) is 11.7. The number of hydrogen-bond donors (Lipinski definition) is 1. The summed E-state index contributed by atoms with van der Waals surface area (Å²) in [6.45, 7) is 7.42. The van der Waals surface area contributed by atoms with E-state index in [1.807, 2.05) is 51.1 Å². The monoisotopic (exact) mass is 523 g/mol. The van der Waals surface area contributed by atoms with E-state index in [-0.39, 0.29) is 36.9 Å². The maximum atomic E-state index is 13.7. The van der Waals surface area contributed by atoms with Gasteiger partial charge in [0, 0.05) is 31.1 Å². The Hall–Kier alpha value is -3.01. The molecule has 0 aliphatic rings. The van der Waals surface area contributed by atoms with Gasteiger partial charge in [-0.15, -0.1) is 0 Å². The van der Waals surface area contributed by atoms with Gasteiger partial charge < -0.3 is 10.2 Å². The number of amides is 2. The molecule has 0 unspecified atom stereocenters. The highest BCUT2D eigenvalue weighted by molar-refractivity contribution is 7.92. The first-order valence-corrected chi connectivity index (χ1v) is 13.6. The summed E-state index contributed by atoms with van der Waals surface area (Å²) in [5.74, 6) is -2.84. The highest BCUT2D eigenvalue weighted by Crippen LogP contribution is 2.21. The van der Waals surface area contributed by atoms with Gasteiger partial charge in [0.25, 0.3) is 0 Å². The molecule has 0 bridgehead atoms. The second-order valence-corrected chi connectivity index (χ2v) is 11.7. The number of anilines is 1. The van der Waals surface area contributed by atoms with Crippen LogP contribution in [-0.2, 0) is 26.0 Å². The highest BCUT2D eigenvalue weighted by atomic mass is 32.2. The molecule has 0 aromatic heterocycles. The van der Waals surface area contributed by atoms with E-state index in [4.69, 9.17) is 0 Å². The Labute approximate surface area is 212 Å². The van der Waals surface area contributed by atoms with Crippen molar-refractivity contribution in [1.29, 1.82) is 0 Å². The number of hydrogen-bond acceptors (Lipinski definition) is 4. The van der Waals surface area contributed by atoms with Crippen molar-refractivity contribution in [3.63, 3.8) is 0 Å². The van der Waals surface area contributed by atoms with Crippen molar-refractivity contribution in [2.24, 2.45) is 0 Å². The van der Waals surface area contributed by atoms with Gasteiger partial charge in [-0.3, -0.25) is 13.9 Å². The number of benzene rings is 2. The Kier molecular flexibility index (Phi) is 9.98. The molecule has 0 saturated heterocycles. The minimum absolute atomic E-state index is 0.0253. The molecule has 0 saturated carbocycles. The van der Waals surface area contributed by atoms with Crippen molar-refractivity contribution in [3.05, 3.63) is 65.7 Å². The van der Waals surface area contributed by atoms with E-state index in [2.05, 4.69) is 5.32 Å². The van der Waals surface area contributed by atoms with E-state index >= 15 is 0 Å². The van der Waals surface area contributed by atoms with E-state index in [1.54, 1.807) is 6.92 Å². The Morgan fingerprint density at radius 3 is 2.19 bits per heavy atom. The lowest BCUT2D eigenvalue weighted by molar-refractivity contribution is -0.140. The lowest BCUT2D eigenvalue weighted by Crippen LogP contribution is -2.53. The molecule has 2 aromatic carbocycles. The second-order valence-electron chi connectivity index (χ2n) is 9.78. The molecule has 0 radical (unpaired) electrons. The third kappa shape index (κ3) is 8.89. The molecule has 198 valence electrons. The van der Waals surface area contributed by atoms with Gasteiger partial charge in [0.2, 0.25) is 21.8 Å². The topological polar surface area (TPSA) is 86.8 Å². The minimum Gasteiger partial charge on any atom is -0.350 e. The number of nitrogens with zero attached hydrogens (tertiary/aromatic N) is 2. The molecule has 2 aromatic rings. The van der Waals surface area contributed by atoms with Crippen molar-refractivity contribution in [3.8, 4) is 0 Å². The molecule has 2 rings (SSSR count). The molecule has 0 aliphatic carbocycles. The second kappa shape index (κ2) is 12.3. The van der Waals surface area contributed by atoms with Crippen LogP contribution in [0.5, 0.6) is 0 Å². The quantitative estimate of drug-likeness (QED) is 0.484. The van der Waals surface area contributed by atoms with Crippen LogP contribution in [0, 0.1) is 11.6 Å². The predicted octanol–water partition coefficient (Wildman–Crippen LogP) is 3.89. The molecule has 10 heteroatoms. The molecule has 0 aliphatic heterocycles. The zero-order chi connectivity index (χ0) is 27.1. The molecule has 2 amide bonds. The largest absolute Gasteiger partial charge is 0.350 e. The fraction of sp³-hybridized carbons (Fsp3) is 0.462. The highest BCUT2D eigenvalue weighted by Gasteiger charge is 2.28. The van der Waals surface area contributed by atoms with Gasteiger partial charge in [-0.1, -0.05) is 30.3 Å². The maximum Gasteiger partial charge on any atom is 0.242 e. The molecule has 36 heavy (non-hydrogen) atoms. The van der Waals surface area contributed by atoms with Crippen molar-refractivity contribution < 1.29 is 26.8 Å². The Bertz CT molecular complexity index is 1150.